The normalized spacial score (nSPS) is 26.9. The van der Waals surface area contributed by atoms with Gasteiger partial charge in [0.05, 0.1) is 17.8 Å². The molecule has 0 radical (unpaired) electrons. The minimum absolute atomic E-state index is 0.00561. The lowest BCUT2D eigenvalue weighted by Gasteiger charge is -2.30. The lowest BCUT2D eigenvalue weighted by Crippen LogP contribution is -2.48. The van der Waals surface area contributed by atoms with Crippen LogP contribution in [0.5, 0.6) is 0 Å². The average Bonchev–Trinajstić information content (AvgIpc) is 3.48. The Bertz CT molecular complexity index is 1080. The van der Waals surface area contributed by atoms with E-state index in [0.29, 0.717) is 31.1 Å². The van der Waals surface area contributed by atoms with Gasteiger partial charge in [0, 0.05) is 55.5 Å². The highest BCUT2D eigenvalue weighted by Gasteiger charge is 2.55. The molecule has 0 unspecified atom stereocenters. The van der Waals surface area contributed by atoms with Crippen LogP contribution in [0.3, 0.4) is 0 Å². The molecular formula is C25H30N4O3. The number of carbonyl (C=O) groups is 1. The number of aliphatic hydroxyl groups is 1. The molecule has 7 heteroatoms. The number of aliphatic hydroxyl groups excluding tert-OH is 1. The second-order valence-electron chi connectivity index (χ2n) is 9.21. The van der Waals surface area contributed by atoms with Crippen molar-refractivity contribution in [2.24, 2.45) is 17.8 Å². The fraction of sp³-hybridized carbons (Fsp3) is 0.480. The smallest absolute Gasteiger partial charge is 0.258 e. The molecule has 2 N–H and O–H groups in total. The van der Waals surface area contributed by atoms with E-state index >= 15 is 0 Å². The first-order valence-corrected chi connectivity index (χ1v) is 11.5. The maximum atomic E-state index is 13.3. The molecule has 2 aromatic rings. The van der Waals surface area contributed by atoms with Crippen molar-refractivity contribution in [3.63, 3.8) is 0 Å². The Morgan fingerprint density at radius 3 is 2.81 bits per heavy atom. The second kappa shape index (κ2) is 8.64. The van der Waals surface area contributed by atoms with Crippen LogP contribution in [-0.2, 0) is 17.9 Å². The molecule has 5 rings (SSSR count). The second-order valence-corrected chi connectivity index (χ2v) is 9.21. The molecule has 2 aliphatic heterocycles. The van der Waals surface area contributed by atoms with Gasteiger partial charge >= 0.3 is 0 Å². The number of hydrogen-bond donors (Lipinski definition) is 2. The molecule has 0 spiro atoms. The summed E-state index contributed by atoms with van der Waals surface area (Å²) in [6, 6.07) is 9.08. The van der Waals surface area contributed by atoms with Crippen LogP contribution in [0.4, 0.5) is 0 Å². The zero-order valence-corrected chi connectivity index (χ0v) is 18.4. The van der Waals surface area contributed by atoms with Crippen molar-refractivity contribution < 1.29 is 9.90 Å². The van der Waals surface area contributed by atoms with Crippen molar-refractivity contribution in [3.8, 4) is 0 Å². The Hall–Kier alpha value is -2.77. The predicted octanol–water partition coefficient (Wildman–Crippen LogP) is 1.97. The van der Waals surface area contributed by atoms with Gasteiger partial charge in [-0.15, -0.1) is 0 Å². The molecule has 1 amide bonds. The average molecular weight is 435 g/mol. The number of nitrogens with zero attached hydrogens (tertiary/aromatic N) is 3. The van der Waals surface area contributed by atoms with E-state index in [1.165, 1.54) is 12.8 Å². The Labute approximate surface area is 187 Å². The van der Waals surface area contributed by atoms with Crippen molar-refractivity contribution in [1.29, 1.82) is 0 Å². The molecule has 168 valence electrons. The monoisotopic (exact) mass is 434 g/mol. The Balaban J connectivity index is 1.53. The molecule has 1 aliphatic carbocycles. The summed E-state index contributed by atoms with van der Waals surface area (Å²) in [7, 11) is 0. The van der Waals surface area contributed by atoms with Gasteiger partial charge in [-0.2, -0.15) is 0 Å². The van der Waals surface area contributed by atoms with E-state index in [2.05, 4.69) is 15.2 Å². The van der Waals surface area contributed by atoms with Gasteiger partial charge in [-0.05, 0) is 49.9 Å². The lowest BCUT2D eigenvalue weighted by atomic mass is 9.88. The molecule has 4 heterocycles. The number of carbonyl (C=O) groups excluding carboxylic acids is 1. The van der Waals surface area contributed by atoms with Gasteiger partial charge in [0.25, 0.3) is 5.56 Å². The summed E-state index contributed by atoms with van der Waals surface area (Å²) >= 11 is 0. The first-order valence-electron chi connectivity index (χ1n) is 11.5. The molecule has 0 bridgehead atoms. The number of pyridine rings is 2. The van der Waals surface area contributed by atoms with Gasteiger partial charge in [0.15, 0.2) is 0 Å². The zero-order chi connectivity index (χ0) is 22.2. The summed E-state index contributed by atoms with van der Waals surface area (Å²) in [4.78, 5) is 33.1. The van der Waals surface area contributed by atoms with Crippen LogP contribution < -0.4 is 10.9 Å². The van der Waals surface area contributed by atoms with Crippen molar-refractivity contribution in [3.05, 3.63) is 69.9 Å². The van der Waals surface area contributed by atoms with Crippen LogP contribution in [-0.4, -0.2) is 44.7 Å². The molecule has 2 aromatic heterocycles. The van der Waals surface area contributed by atoms with Crippen LogP contribution in [0.1, 0.15) is 42.8 Å². The van der Waals surface area contributed by atoms with E-state index < -0.39 is 6.04 Å². The Morgan fingerprint density at radius 1 is 1.28 bits per heavy atom. The predicted molar refractivity (Wildman–Crippen MR) is 122 cm³/mol. The third-order valence-electron chi connectivity index (χ3n) is 7.17. The zero-order valence-electron chi connectivity index (χ0n) is 18.4. The number of hydrogen-bond acceptors (Lipinski definition) is 5. The first kappa shape index (κ1) is 21.1. The molecule has 1 saturated carbocycles. The van der Waals surface area contributed by atoms with Crippen molar-refractivity contribution in [2.75, 3.05) is 13.2 Å². The van der Waals surface area contributed by atoms with Crippen LogP contribution in [0.2, 0.25) is 0 Å². The first-order chi connectivity index (χ1) is 15.6. The maximum absolute atomic E-state index is 13.3. The third kappa shape index (κ3) is 3.69. The molecular weight excluding hydrogens is 404 g/mol. The topological polar surface area (TPSA) is 87.5 Å². The fourth-order valence-electron chi connectivity index (χ4n) is 5.46. The molecule has 32 heavy (non-hydrogen) atoms. The lowest BCUT2D eigenvalue weighted by molar-refractivity contribution is -0.128. The van der Waals surface area contributed by atoms with E-state index in [4.69, 9.17) is 0 Å². The standard InChI is InChI=1S/C25H30N4O3/c1-2-5-17-9-10-21-22-19(14-28(21)25(17)32)20(15-30)23(24(31)27-12-16-7-8-16)29(22)13-18-6-3-4-11-26-18/h2-6,9-11,16,19-20,22-23,30H,7-8,12-15H2,1H3,(H,27,31)/b5-2+/t19-,20-,22+,23-/m0/s1. The minimum Gasteiger partial charge on any atom is -0.396 e. The van der Waals surface area contributed by atoms with Gasteiger partial charge < -0.3 is 15.0 Å². The van der Waals surface area contributed by atoms with Gasteiger partial charge in [-0.25, -0.2) is 0 Å². The van der Waals surface area contributed by atoms with Crippen molar-refractivity contribution in [2.45, 2.75) is 44.9 Å². The van der Waals surface area contributed by atoms with Gasteiger partial charge in [-0.3, -0.25) is 19.5 Å². The number of rotatable bonds is 7. The van der Waals surface area contributed by atoms with Gasteiger partial charge in [-0.1, -0.05) is 18.2 Å². The number of aromatic nitrogens is 2. The van der Waals surface area contributed by atoms with Crippen molar-refractivity contribution in [1.82, 2.24) is 19.8 Å². The summed E-state index contributed by atoms with van der Waals surface area (Å²) in [5.41, 5.74) is 2.43. The van der Waals surface area contributed by atoms with Crippen LogP contribution in [0, 0.1) is 17.8 Å². The van der Waals surface area contributed by atoms with Gasteiger partial charge in [0.1, 0.15) is 0 Å². The summed E-state index contributed by atoms with van der Waals surface area (Å²) in [6.45, 7) is 3.51. The molecule has 7 nitrogen and oxygen atoms in total. The number of allylic oxidation sites excluding steroid dienone is 1. The molecule has 3 aliphatic rings. The van der Waals surface area contributed by atoms with E-state index in [9.17, 15) is 14.7 Å². The molecule has 0 aromatic carbocycles. The van der Waals surface area contributed by atoms with E-state index in [1.54, 1.807) is 6.20 Å². The summed E-state index contributed by atoms with van der Waals surface area (Å²) in [6.07, 6.45) is 7.78. The quantitative estimate of drug-likeness (QED) is 0.696. The summed E-state index contributed by atoms with van der Waals surface area (Å²) in [5, 5.41) is 13.5. The summed E-state index contributed by atoms with van der Waals surface area (Å²) < 4.78 is 1.83. The van der Waals surface area contributed by atoms with Crippen LogP contribution in [0.25, 0.3) is 6.08 Å². The number of likely N-dealkylation sites (tertiary alicyclic amines) is 1. The number of fused-ring (bicyclic) bond motifs is 3. The molecule has 1 saturated heterocycles. The Morgan fingerprint density at radius 2 is 2.12 bits per heavy atom. The maximum Gasteiger partial charge on any atom is 0.258 e. The van der Waals surface area contributed by atoms with E-state index in [1.807, 2.05) is 54.0 Å². The molecule has 2 fully saturated rings. The SMILES string of the molecule is C/C=C/c1ccc2n(c1=O)C[C@H]1[C@H](CO)[C@@H](C(=O)NCC3CC3)N(Cc3ccccn3)[C@@H]21. The fourth-order valence-corrected chi connectivity index (χ4v) is 5.46. The van der Waals surface area contributed by atoms with E-state index in [-0.39, 0.29) is 36.0 Å². The largest absolute Gasteiger partial charge is 0.396 e. The highest BCUT2D eigenvalue weighted by atomic mass is 16.3. The van der Waals surface area contributed by atoms with Crippen LogP contribution >= 0.6 is 0 Å². The van der Waals surface area contributed by atoms with Crippen molar-refractivity contribution >= 4 is 12.0 Å². The number of nitrogens with one attached hydrogen (secondary N) is 1. The summed E-state index contributed by atoms with van der Waals surface area (Å²) in [5.74, 6) is 0.308. The highest BCUT2D eigenvalue weighted by molar-refractivity contribution is 5.82. The number of amides is 1. The third-order valence-corrected chi connectivity index (χ3v) is 7.17. The van der Waals surface area contributed by atoms with Gasteiger partial charge in [0.2, 0.25) is 5.91 Å². The van der Waals surface area contributed by atoms with Crippen LogP contribution in [0.15, 0.2) is 47.4 Å². The molecule has 4 atom stereocenters. The van der Waals surface area contributed by atoms with E-state index in [0.717, 1.165) is 11.4 Å². The minimum atomic E-state index is -0.449. The Kier molecular flexibility index (Phi) is 5.69. The highest BCUT2D eigenvalue weighted by Crippen LogP contribution is 2.49.